The second-order valence-corrected chi connectivity index (χ2v) is 5.32. The predicted octanol–water partition coefficient (Wildman–Crippen LogP) is 3.36. The highest BCUT2D eigenvalue weighted by atomic mass is 32.2. The minimum atomic E-state index is -0.191. The van der Waals surface area contributed by atoms with Crippen LogP contribution in [0, 0.1) is 5.82 Å². The molecule has 0 unspecified atom stereocenters. The number of halogens is 1. The number of hydrogen-bond acceptors (Lipinski definition) is 1. The maximum Gasteiger partial charge on any atom is 0.218 e. The van der Waals surface area contributed by atoms with E-state index < -0.39 is 0 Å². The molecule has 1 nitrogen and oxygen atoms in total. The molecule has 0 fully saturated rings. The topological polar surface area (TPSA) is 3.88 Å². The Morgan fingerprint density at radius 2 is 1.94 bits per heavy atom. The van der Waals surface area contributed by atoms with Gasteiger partial charge in [-0.25, -0.2) is 4.39 Å². The van der Waals surface area contributed by atoms with Crippen LogP contribution in [0.5, 0.6) is 0 Å². The quantitative estimate of drug-likeness (QED) is 0.709. The van der Waals surface area contributed by atoms with Gasteiger partial charge in [0.25, 0.3) is 0 Å². The summed E-state index contributed by atoms with van der Waals surface area (Å²) in [4.78, 5) is 1.24. The molecule has 2 heterocycles. The molecule has 1 aromatic carbocycles. The van der Waals surface area contributed by atoms with Crippen LogP contribution in [0.1, 0.15) is 11.3 Å². The molecule has 1 aliphatic heterocycles. The Morgan fingerprint density at radius 1 is 1.11 bits per heavy atom. The summed E-state index contributed by atoms with van der Waals surface area (Å²) in [6.07, 6.45) is 4.22. The molecule has 0 amide bonds. The number of aromatic nitrogens is 1. The van der Waals surface area contributed by atoms with Crippen molar-refractivity contribution in [1.82, 2.24) is 0 Å². The second kappa shape index (κ2) is 4.94. The van der Waals surface area contributed by atoms with Gasteiger partial charge in [0.05, 0.1) is 10.7 Å². The number of pyridine rings is 1. The normalized spacial score (nSPS) is 16.6. The molecule has 90 valence electrons. The lowest BCUT2D eigenvalue weighted by Crippen LogP contribution is -2.40. The van der Waals surface area contributed by atoms with E-state index >= 15 is 0 Å². The molecule has 0 bridgehead atoms. The van der Waals surface area contributed by atoms with Crippen LogP contribution in [0.2, 0.25) is 0 Å². The van der Waals surface area contributed by atoms with Crippen LogP contribution in [0.4, 0.5) is 4.39 Å². The lowest BCUT2D eigenvalue weighted by Gasteiger charge is -2.12. The maximum atomic E-state index is 12.9. The average Bonchev–Trinajstić information content (AvgIpc) is 2.42. The van der Waals surface area contributed by atoms with Gasteiger partial charge in [-0.1, -0.05) is 12.1 Å². The molecular formula is C15H13FNS+. The van der Waals surface area contributed by atoms with Gasteiger partial charge in [0.2, 0.25) is 5.69 Å². The van der Waals surface area contributed by atoms with Gasteiger partial charge in [-0.05, 0) is 29.8 Å². The highest BCUT2D eigenvalue weighted by Crippen LogP contribution is 2.30. The fourth-order valence-electron chi connectivity index (χ4n) is 2.05. The van der Waals surface area contributed by atoms with E-state index in [1.807, 2.05) is 23.9 Å². The minimum absolute atomic E-state index is 0.191. The van der Waals surface area contributed by atoms with E-state index in [-0.39, 0.29) is 5.82 Å². The highest BCUT2D eigenvalue weighted by Gasteiger charge is 2.20. The summed E-state index contributed by atoms with van der Waals surface area (Å²) >= 11 is 1.85. The monoisotopic (exact) mass is 258 g/mol. The summed E-state index contributed by atoms with van der Waals surface area (Å²) in [5.74, 6) is 0.887. The van der Waals surface area contributed by atoms with Gasteiger partial charge < -0.3 is 0 Å². The van der Waals surface area contributed by atoms with Crippen molar-refractivity contribution >= 4 is 22.7 Å². The largest absolute Gasteiger partial charge is 0.218 e. The summed E-state index contributed by atoms with van der Waals surface area (Å²) in [5.41, 5.74) is 2.27. The summed E-state index contributed by atoms with van der Waals surface area (Å²) in [6, 6.07) is 12.8. The zero-order valence-electron chi connectivity index (χ0n) is 9.84. The molecule has 3 rings (SSSR count). The molecule has 18 heavy (non-hydrogen) atoms. The van der Waals surface area contributed by atoms with Crippen LogP contribution in [0.15, 0.2) is 48.7 Å². The van der Waals surface area contributed by atoms with Gasteiger partial charge in [-0.2, -0.15) is 4.57 Å². The Balaban J connectivity index is 2.00. The second-order valence-electron chi connectivity index (χ2n) is 4.19. The first kappa shape index (κ1) is 11.5. The Bertz CT molecular complexity index is 590. The molecule has 1 aliphatic rings. The van der Waals surface area contributed by atoms with E-state index in [1.165, 1.54) is 22.7 Å². The standard InChI is InChI=1S/C15H13FNS/c16-13-6-4-12(5-7-13)11-15-14-3-1-2-8-17(14)9-10-18-15/h1-8,11H,9-10H2/q+1/b15-11-. The van der Waals surface area contributed by atoms with Gasteiger partial charge in [-0.3, -0.25) is 0 Å². The molecular weight excluding hydrogens is 245 g/mol. The number of nitrogens with zero attached hydrogens (tertiary/aromatic N) is 1. The SMILES string of the molecule is Fc1ccc(/C=C2\SCC[n+]3ccccc32)cc1. The van der Waals surface area contributed by atoms with Crippen molar-refractivity contribution in [2.45, 2.75) is 6.54 Å². The lowest BCUT2D eigenvalue weighted by atomic mass is 10.2. The average molecular weight is 258 g/mol. The van der Waals surface area contributed by atoms with Crippen molar-refractivity contribution in [2.75, 3.05) is 5.75 Å². The van der Waals surface area contributed by atoms with Gasteiger partial charge in [0.15, 0.2) is 12.7 Å². The Kier molecular flexibility index (Phi) is 3.15. The van der Waals surface area contributed by atoms with Crippen LogP contribution in [0.3, 0.4) is 0 Å². The van der Waals surface area contributed by atoms with Crippen molar-refractivity contribution in [3.05, 3.63) is 65.7 Å². The number of aryl methyl sites for hydroxylation is 1. The predicted molar refractivity (Wildman–Crippen MR) is 73.4 cm³/mol. The van der Waals surface area contributed by atoms with Crippen molar-refractivity contribution in [3.8, 4) is 0 Å². The summed E-state index contributed by atoms with van der Waals surface area (Å²) in [5, 5.41) is 0. The molecule has 0 N–H and O–H groups in total. The first-order valence-corrected chi connectivity index (χ1v) is 6.90. The third-order valence-electron chi connectivity index (χ3n) is 2.95. The summed E-state index contributed by atoms with van der Waals surface area (Å²) in [7, 11) is 0. The molecule has 0 saturated heterocycles. The number of rotatable bonds is 1. The van der Waals surface area contributed by atoms with Gasteiger partial charge in [0.1, 0.15) is 5.82 Å². The van der Waals surface area contributed by atoms with Gasteiger partial charge >= 0.3 is 0 Å². The van der Waals surface area contributed by atoms with Gasteiger partial charge in [0, 0.05) is 12.1 Å². The number of benzene rings is 1. The molecule has 0 saturated carbocycles. The molecule has 2 aromatic rings. The molecule has 0 spiro atoms. The van der Waals surface area contributed by atoms with Crippen LogP contribution in [-0.4, -0.2) is 5.75 Å². The first-order valence-electron chi connectivity index (χ1n) is 5.92. The van der Waals surface area contributed by atoms with Crippen LogP contribution < -0.4 is 4.57 Å². The molecule has 0 radical (unpaired) electrons. The van der Waals surface area contributed by atoms with Crippen molar-refractivity contribution in [3.63, 3.8) is 0 Å². The third-order valence-corrected chi connectivity index (χ3v) is 3.98. The maximum absolute atomic E-state index is 12.9. The van der Waals surface area contributed by atoms with E-state index in [1.54, 1.807) is 0 Å². The van der Waals surface area contributed by atoms with E-state index in [4.69, 9.17) is 0 Å². The Hall–Kier alpha value is -1.61. The Labute approximate surface area is 110 Å². The van der Waals surface area contributed by atoms with E-state index in [2.05, 4.69) is 35.0 Å². The molecule has 0 atom stereocenters. The van der Waals surface area contributed by atoms with Crippen LogP contribution >= 0.6 is 11.8 Å². The summed E-state index contributed by atoms with van der Waals surface area (Å²) in [6.45, 7) is 1.04. The zero-order valence-corrected chi connectivity index (χ0v) is 10.7. The Morgan fingerprint density at radius 3 is 2.78 bits per heavy atom. The van der Waals surface area contributed by atoms with Crippen LogP contribution in [0.25, 0.3) is 11.0 Å². The van der Waals surface area contributed by atoms with E-state index in [9.17, 15) is 4.39 Å². The van der Waals surface area contributed by atoms with Crippen LogP contribution in [-0.2, 0) is 6.54 Å². The molecule has 0 aliphatic carbocycles. The number of fused-ring (bicyclic) bond motifs is 1. The van der Waals surface area contributed by atoms with Crippen molar-refractivity contribution in [2.24, 2.45) is 0 Å². The fourth-order valence-corrected chi connectivity index (χ4v) is 3.11. The van der Waals surface area contributed by atoms with Gasteiger partial charge in [-0.15, -0.1) is 11.8 Å². The summed E-state index contributed by atoms with van der Waals surface area (Å²) < 4.78 is 15.1. The third kappa shape index (κ3) is 2.31. The number of hydrogen-bond donors (Lipinski definition) is 0. The smallest absolute Gasteiger partial charge is 0.207 e. The first-order chi connectivity index (χ1) is 8.83. The lowest BCUT2D eigenvalue weighted by molar-refractivity contribution is -0.695. The molecule has 1 aromatic heterocycles. The van der Waals surface area contributed by atoms with E-state index in [0.717, 1.165) is 17.9 Å². The molecule has 3 heteroatoms. The zero-order chi connectivity index (χ0) is 12.4. The fraction of sp³-hybridized carbons (Fsp3) is 0.133. The highest BCUT2D eigenvalue weighted by molar-refractivity contribution is 8.08. The minimum Gasteiger partial charge on any atom is -0.207 e. The van der Waals surface area contributed by atoms with E-state index in [0.29, 0.717) is 0 Å². The number of thioether (sulfide) groups is 1. The van der Waals surface area contributed by atoms with Crippen molar-refractivity contribution in [1.29, 1.82) is 0 Å². The van der Waals surface area contributed by atoms with Crippen molar-refractivity contribution < 1.29 is 8.96 Å².